The molecule has 2 rings (SSSR count). The summed E-state index contributed by atoms with van der Waals surface area (Å²) in [4.78, 5) is 0. The van der Waals surface area contributed by atoms with E-state index in [1.165, 1.54) is 0 Å². The van der Waals surface area contributed by atoms with E-state index in [0.717, 1.165) is 18.7 Å². The van der Waals surface area contributed by atoms with Crippen LogP contribution in [0.3, 0.4) is 0 Å². The molecule has 5 N–H and O–H groups in total. The largest absolute Gasteiger partial charge is 0.396 e. The predicted octanol–water partition coefficient (Wildman–Crippen LogP) is 0.0343. The molecule has 20 heavy (non-hydrogen) atoms. The minimum absolute atomic E-state index is 0.137. The van der Waals surface area contributed by atoms with Crippen molar-refractivity contribution in [2.75, 3.05) is 19.7 Å². The van der Waals surface area contributed by atoms with E-state index in [9.17, 15) is 15.3 Å². The normalized spacial score (nSPS) is 21.4. The van der Waals surface area contributed by atoms with Crippen molar-refractivity contribution >= 4 is 0 Å². The van der Waals surface area contributed by atoms with Gasteiger partial charge in [0.2, 0.25) is 0 Å². The van der Waals surface area contributed by atoms with Crippen molar-refractivity contribution in [1.29, 1.82) is 0 Å². The zero-order valence-electron chi connectivity index (χ0n) is 11.5. The quantitative estimate of drug-likeness (QED) is 0.525. The van der Waals surface area contributed by atoms with Gasteiger partial charge in [-0.25, -0.2) is 0 Å². The molecule has 112 valence electrons. The molecule has 1 heterocycles. The SMILES string of the molecule is OCCC(O)C(O)c1ccc(C2(O)CCNCC2)cc1. The van der Waals surface area contributed by atoms with E-state index in [1.807, 2.05) is 0 Å². The van der Waals surface area contributed by atoms with Crippen LogP contribution in [0.25, 0.3) is 0 Å². The molecule has 0 spiro atoms. The monoisotopic (exact) mass is 281 g/mol. The van der Waals surface area contributed by atoms with Gasteiger partial charge < -0.3 is 25.7 Å². The Morgan fingerprint density at radius 2 is 1.70 bits per heavy atom. The molecule has 1 aliphatic heterocycles. The third-order valence-corrected chi connectivity index (χ3v) is 4.01. The van der Waals surface area contributed by atoms with E-state index in [-0.39, 0.29) is 13.0 Å². The van der Waals surface area contributed by atoms with Gasteiger partial charge in [-0.3, -0.25) is 0 Å². The lowest BCUT2D eigenvalue weighted by Gasteiger charge is -2.33. The van der Waals surface area contributed by atoms with Crippen LogP contribution in [0.1, 0.15) is 36.5 Å². The maximum absolute atomic E-state index is 10.6. The average molecular weight is 281 g/mol. The topological polar surface area (TPSA) is 93.0 Å². The summed E-state index contributed by atoms with van der Waals surface area (Å²) < 4.78 is 0. The first-order valence-electron chi connectivity index (χ1n) is 7.07. The molecule has 0 aromatic heterocycles. The third-order valence-electron chi connectivity index (χ3n) is 4.01. The molecule has 1 fully saturated rings. The van der Waals surface area contributed by atoms with Gasteiger partial charge in [-0.1, -0.05) is 24.3 Å². The fourth-order valence-corrected chi connectivity index (χ4v) is 2.63. The van der Waals surface area contributed by atoms with Gasteiger partial charge >= 0.3 is 0 Å². The molecule has 0 saturated carbocycles. The second-order valence-electron chi connectivity index (χ2n) is 5.43. The lowest BCUT2D eigenvalue weighted by molar-refractivity contribution is 0.00261. The molecule has 1 saturated heterocycles. The summed E-state index contributed by atoms with van der Waals surface area (Å²) in [6.07, 6.45) is -0.519. The predicted molar refractivity (Wildman–Crippen MR) is 75.1 cm³/mol. The molecule has 0 radical (unpaired) electrons. The van der Waals surface area contributed by atoms with Gasteiger partial charge in [0.15, 0.2) is 0 Å². The Morgan fingerprint density at radius 3 is 2.25 bits per heavy atom. The molecule has 1 aromatic rings. The summed E-state index contributed by atoms with van der Waals surface area (Å²) in [7, 11) is 0. The number of aliphatic hydroxyl groups is 4. The Kier molecular flexibility index (Phi) is 5.12. The Balaban J connectivity index is 2.09. The van der Waals surface area contributed by atoms with Crippen LogP contribution >= 0.6 is 0 Å². The van der Waals surface area contributed by atoms with Crippen LogP contribution in [0.4, 0.5) is 0 Å². The number of nitrogens with one attached hydrogen (secondary N) is 1. The Bertz CT molecular complexity index is 414. The molecule has 0 aliphatic carbocycles. The Labute approximate surface area is 118 Å². The van der Waals surface area contributed by atoms with Crippen LogP contribution in [0.2, 0.25) is 0 Å². The van der Waals surface area contributed by atoms with E-state index in [1.54, 1.807) is 24.3 Å². The second kappa shape index (κ2) is 6.65. The highest BCUT2D eigenvalue weighted by atomic mass is 16.3. The zero-order chi connectivity index (χ0) is 14.6. The van der Waals surface area contributed by atoms with Crippen LogP contribution < -0.4 is 5.32 Å². The van der Waals surface area contributed by atoms with Gasteiger partial charge in [0.05, 0.1) is 11.7 Å². The number of hydrogen-bond acceptors (Lipinski definition) is 5. The summed E-state index contributed by atoms with van der Waals surface area (Å²) in [5.41, 5.74) is 0.622. The minimum Gasteiger partial charge on any atom is -0.396 e. The maximum Gasteiger partial charge on any atom is 0.105 e. The number of piperidine rings is 1. The standard InChI is InChI=1S/C15H23NO4/c17-10-5-13(18)14(19)11-1-3-12(4-2-11)15(20)6-8-16-9-7-15/h1-4,13-14,16-20H,5-10H2. The van der Waals surface area contributed by atoms with Crippen molar-refractivity contribution in [3.05, 3.63) is 35.4 Å². The van der Waals surface area contributed by atoms with Crippen LogP contribution in [-0.4, -0.2) is 46.2 Å². The van der Waals surface area contributed by atoms with E-state index in [2.05, 4.69) is 5.32 Å². The van der Waals surface area contributed by atoms with Crippen LogP contribution in [-0.2, 0) is 5.60 Å². The van der Waals surface area contributed by atoms with Crippen molar-refractivity contribution in [2.45, 2.75) is 37.1 Å². The first-order chi connectivity index (χ1) is 9.57. The van der Waals surface area contributed by atoms with Gasteiger partial charge in [-0.2, -0.15) is 0 Å². The van der Waals surface area contributed by atoms with Crippen LogP contribution in [0, 0.1) is 0 Å². The molecule has 1 aromatic carbocycles. The van der Waals surface area contributed by atoms with Gasteiger partial charge in [0.1, 0.15) is 6.10 Å². The number of hydrogen-bond donors (Lipinski definition) is 5. The van der Waals surface area contributed by atoms with Crippen LogP contribution in [0.5, 0.6) is 0 Å². The third kappa shape index (κ3) is 3.37. The van der Waals surface area contributed by atoms with Crippen molar-refractivity contribution in [3.63, 3.8) is 0 Å². The zero-order valence-corrected chi connectivity index (χ0v) is 11.5. The van der Waals surface area contributed by atoms with Gasteiger partial charge in [0, 0.05) is 6.61 Å². The lowest BCUT2D eigenvalue weighted by atomic mass is 9.84. The Hall–Kier alpha value is -0.980. The highest BCUT2D eigenvalue weighted by Crippen LogP contribution is 2.31. The van der Waals surface area contributed by atoms with E-state index in [4.69, 9.17) is 5.11 Å². The Morgan fingerprint density at radius 1 is 1.10 bits per heavy atom. The lowest BCUT2D eigenvalue weighted by Crippen LogP contribution is -2.39. The van der Waals surface area contributed by atoms with Crippen molar-refractivity contribution in [1.82, 2.24) is 5.32 Å². The fourth-order valence-electron chi connectivity index (χ4n) is 2.63. The first kappa shape index (κ1) is 15.4. The van der Waals surface area contributed by atoms with Gasteiger partial charge in [0.25, 0.3) is 0 Å². The molecule has 1 aliphatic rings. The molecule has 0 bridgehead atoms. The van der Waals surface area contributed by atoms with Gasteiger partial charge in [-0.15, -0.1) is 0 Å². The van der Waals surface area contributed by atoms with Crippen molar-refractivity contribution < 1.29 is 20.4 Å². The van der Waals surface area contributed by atoms with Gasteiger partial charge in [-0.05, 0) is 43.5 Å². The number of benzene rings is 1. The number of aliphatic hydroxyl groups excluding tert-OH is 3. The molecular weight excluding hydrogens is 258 g/mol. The highest BCUT2D eigenvalue weighted by molar-refractivity contribution is 5.29. The maximum atomic E-state index is 10.6. The van der Waals surface area contributed by atoms with E-state index in [0.29, 0.717) is 18.4 Å². The van der Waals surface area contributed by atoms with E-state index < -0.39 is 17.8 Å². The molecule has 5 heteroatoms. The summed E-state index contributed by atoms with van der Waals surface area (Å²) in [6, 6.07) is 7.05. The summed E-state index contributed by atoms with van der Waals surface area (Å²) in [5.74, 6) is 0. The van der Waals surface area contributed by atoms with Crippen molar-refractivity contribution in [2.24, 2.45) is 0 Å². The van der Waals surface area contributed by atoms with E-state index >= 15 is 0 Å². The first-order valence-corrected chi connectivity index (χ1v) is 7.07. The smallest absolute Gasteiger partial charge is 0.105 e. The summed E-state index contributed by atoms with van der Waals surface area (Å²) in [5, 5.41) is 42.2. The molecular formula is C15H23NO4. The molecule has 2 unspecified atom stereocenters. The molecule has 5 nitrogen and oxygen atoms in total. The summed E-state index contributed by atoms with van der Waals surface area (Å²) >= 11 is 0. The second-order valence-corrected chi connectivity index (χ2v) is 5.43. The van der Waals surface area contributed by atoms with Crippen molar-refractivity contribution in [3.8, 4) is 0 Å². The minimum atomic E-state index is -1.01. The van der Waals surface area contributed by atoms with Crippen LogP contribution in [0.15, 0.2) is 24.3 Å². The summed E-state index contributed by atoms with van der Waals surface area (Å²) in [6.45, 7) is 1.41. The molecule has 0 amide bonds. The molecule has 2 atom stereocenters. The average Bonchev–Trinajstić information content (AvgIpc) is 2.48. The fraction of sp³-hybridized carbons (Fsp3) is 0.600. The number of rotatable bonds is 5. The highest BCUT2D eigenvalue weighted by Gasteiger charge is 2.31.